The largest absolute Gasteiger partial charge is 0.379 e. The van der Waals surface area contributed by atoms with E-state index in [1.807, 2.05) is 23.1 Å². The number of ether oxygens (including phenoxy) is 1. The molecule has 2 aliphatic rings. The summed E-state index contributed by atoms with van der Waals surface area (Å²) in [5, 5.41) is 2.94. The van der Waals surface area contributed by atoms with Gasteiger partial charge in [-0.2, -0.15) is 0 Å². The fraction of sp³-hybridized carbons (Fsp3) is 0.526. The first-order chi connectivity index (χ1) is 13.2. The van der Waals surface area contributed by atoms with E-state index in [1.54, 1.807) is 10.6 Å². The molecule has 4 heterocycles. The number of nitrogens with zero attached hydrogens (tertiary/aromatic N) is 4. The Kier molecular flexibility index (Phi) is 5.35. The lowest BCUT2D eigenvalue weighted by molar-refractivity contribution is 0.0383. The van der Waals surface area contributed by atoms with Gasteiger partial charge in [0.2, 0.25) is 5.82 Å². The molecule has 0 saturated carbocycles. The van der Waals surface area contributed by atoms with Crippen LogP contribution in [0.3, 0.4) is 0 Å². The Morgan fingerprint density at radius 2 is 1.89 bits per heavy atom. The molecule has 2 saturated heterocycles. The molecule has 4 rings (SSSR count). The van der Waals surface area contributed by atoms with Gasteiger partial charge in [0, 0.05) is 45.5 Å². The highest BCUT2D eigenvalue weighted by Crippen LogP contribution is 2.17. The van der Waals surface area contributed by atoms with Crippen molar-refractivity contribution in [2.24, 2.45) is 0 Å². The van der Waals surface area contributed by atoms with Crippen LogP contribution in [0, 0.1) is 0 Å². The molecular formula is C19H25N5O3. The monoisotopic (exact) mass is 371 g/mol. The molecular weight excluding hydrogens is 346 g/mol. The number of nitrogens with one attached hydrogen (secondary N) is 1. The molecule has 0 unspecified atom stereocenters. The summed E-state index contributed by atoms with van der Waals surface area (Å²) in [5.74, 6) is -0.0423. The Bertz CT molecular complexity index is 822. The first-order valence-corrected chi connectivity index (χ1v) is 9.59. The van der Waals surface area contributed by atoms with Crippen molar-refractivity contribution < 1.29 is 14.3 Å². The van der Waals surface area contributed by atoms with Crippen LogP contribution < -0.4 is 5.32 Å². The number of carbonyl (C=O) groups excluding carboxylic acids is 2. The van der Waals surface area contributed by atoms with Crippen molar-refractivity contribution >= 4 is 17.3 Å². The summed E-state index contributed by atoms with van der Waals surface area (Å²) in [5.41, 5.74) is 0.962. The van der Waals surface area contributed by atoms with Crippen molar-refractivity contribution in [1.29, 1.82) is 0 Å². The summed E-state index contributed by atoms with van der Waals surface area (Å²) in [6.45, 7) is 6.07. The number of aromatic nitrogens is 2. The Morgan fingerprint density at radius 3 is 2.67 bits per heavy atom. The van der Waals surface area contributed by atoms with Crippen molar-refractivity contribution in [1.82, 2.24) is 24.5 Å². The summed E-state index contributed by atoms with van der Waals surface area (Å²) in [6, 6.07) is 5.52. The first-order valence-electron chi connectivity index (χ1n) is 9.59. The topological polar surface area (TPSA) is 79.2 Å². The van der Waals surface area contributed by atoms with Crippen LogP contribution in [0.1, 0.15) is 33.9 Å². The summed E-state index contributed by atoms with van der Waals surface area (Å²) in [7, 11) is 0. The molecule has 144 valence electrons. The van der Waals surface area contributed by atoms with Crippen LogP contribution in [0.4, 0.5) is 0 Å². The van der Waals surface area contributed by atoms with Crippen LogP contribution in [-0.2, 0) is 4.74 Å². The normalized spacial score (nSPS) is 18.1. The molecule has 2 aromatic rings. The zero-order chi connectivity index (χ0) is 18.6. The quantitative estimate of drug-likeness (QED) is 0.834. The van der Waals surface area contributed by atoms with E-state index in [1.165, 1.54) is 0 Å². The van der Waals surface area contributed by atoms with E-state index in [0.717, 1.165) is 58.8 Å². The van der Waals surface area contributed by atoms with Gasteiger partial charge in [0.15, 0.2) is 5.69 Å². The second-order valence-electron chi connectivity index (χ2n) is 6.95. The Hall–Kier alpha value is -2.45. The van der Waals surface area contributed by atoms with Crippen molar-refractivity contribution in [2.75, 3.05) is 52.5 Å². The zero-order valence-corrected chi connectivity index (χ0v) is 15.4. The smallest absolute Gasteiger partial charge is 0.290 e. The molecule has 27 heavy (non-hydrogen) atoms. The molecule has 8 heteroatoms. The SMILES string of the molecule is O=C(NCCN1CCOCC1)c1nc(C(=O)N2CCCC2)n2ccccc12. The standard InChI is InChI=1S/C19H25N5O3/c25-18(20-6-10-22-11-13-27-14-12-22)16-15-5-1-2-9-24(15)17(21-16)19(26)23-7-3-4-8-23/h1-2,5,9H,3-4,6-8,10-14H2,(H,20,25). The second kappa shape index (κ2) is 8.06. The third-order valence-electron chi connectivity index (χ3n) is 5.17. The van der Waals surface area contributed by atoms with Crippen LogP contribution in [0.25, 0.3) is 5.52 Å². The van der Waals surface area contributed by atoms with Crippen LogP contribution in [0.5, 0.6) is 0 Å². The fourth-order valence-corrected chi connectivity index (χ4v) is 3.65. The predicted molar refractivity (Wildman–Crippen MR) is 99.9 cm³/mol. The minimum atomic E-state index is -0.243. The van der Waals surface area contributed by atoms with E-state index < -0.39 is 0 Å². The highest BCUT2D eigenvalue weighted by Gasteiger charge is 2.26. The molecule has 2 fully saturated rings. The van der Waals surface area contributed by atoms with Crippen molar-refractivity contribution in [2.45, 2.75) is 12.8 Å². The summed E-state index contributed by atoms with van der Waals surface area (Å²) >= 11 is 0. The van der Waals surface area contributed by atoms with Gasteiger partial charge in [-0.05, 0) is 25.0 Å². The van der Waals surface area contributed by atoms with Gasteiger partial charge in [-0.1, -0.05) is 6.07 Å². The van der Waals surface area contributed by atoms with Crippen LogP contribution in [0.15, 0.2) is 24.4 Å². The number of imidazole rings is 1. The molecule has 0 atom stereocenters. The number of hydrogen-bond donors (Lipinski definition) is 1. The second-order valence-corrected chi connectivity index (χ2v) is 6.95. The molecule has 1 N–H and O–H groups in total. The van der Waals surface area contributed by atoms with Gasteiger partial charge in [-0.3, -0.25) is 18.9 Å². The van der Waals surface area contributed by atoms with Gasteiger partial charge < -0.3 is 15.0 Å². The zero-order valence-electron chi connectivity index (χ0n) is 15.4. The van der Waals surface area contributed by atoms with E-state index in [-0.39, 0.29) is 11.8 Å². The number of rotatable bonds is 5. The number of likely N-dealkylation sites (tertiary alicyclic amines) is 1. The fourth-order valence-electron chi connectivity index (χ4n) is 3.65. The molecule has 8 nitrogen and oxygen atoms in total. The summed E-state index contributed by atoms with van der Waals surface area (Å²) in [4.78, 5) is 34.0. The Balaban J connectivity index is 1.49. The molecule has 0 spiro atoms. The van der Waals surface area contributed by atoms with E-state index in [9.17, 15) is 9.59 Å². The minimum absolute atomic E-state index is 0.110. The van der Waals surface area contributed by atoms with Gasteiger partial charge in [0.05, 0.1) is 18.7 Å². The van der Waals surface area contributed by atoms with Gasteiger partial charge in [-0.15, -0.1) is 0 Å². The summed E-state index contributed by atoms with van der Waals surface area (Å²) < 4.78 is 7.05. The molecule has 0 aromatic carbocycles. The Morgan fingerprint density at radius 1 is 1.11 bits per heavy atom. The number of carbonyl (C=O) groups is 2. The maximum absolute atomic E-state index is 12.8. The number of pyridine rings is 1. The van der Waals surface area contributed by atoms with E-state index in [0.29, 0.717) is 23.6 Å². The lowest BCUT2D eigenvalue weighted by atomic mass is 10.3. The minimum Gasteiger partial charge on any atom is -0.379 e. The molecule has 2 aliphatic heterocycles. The summed E-state index contributed by atoms with van der Waals surface area (Å²) in [6.07, 6.45) is 3.82. The highest BCUT2D eigenvalue weighted by molar-refractivity contribution is 6.02. The third-order valence-corrected chi connectivity index (χ3v) is 5.17. The number of hydrogen-bond acceptors (Lipinski definition) is 5. The maximum Gasteiger partial charge on any atom is 0.290 e. The number of amides is 2. The molecule has 0 radical (unpaired) electrons. The van der Waals surface area contributed by atoms with E-state index >= 15 is 0 Å². The number of morpholine rings is 1. The lowest BCUT2D eigenvalue weighted by Gasteiger charge is -2.26. The van der Waals surface area contributed by atoms with Crippen LogP contribution in [0.2, 0.25) is 0 Å². The van der Waals surface area contributed by atoms with Gasteiger partial charge >= 0.3 is 0 Å². The first kappa shape index (κ1) is 17.9. The molecule has 2 amide bonds. The maximum atomic E-state index is 12.8. The number of fused-ring (bicyclic) bond motifs is 1. The highest BCUT2D eigenvalue weighted by atomic mass is 16.5. The predicted octanol–water partition coefficient (Wildman–Crippen LogP) is 0.632. The third kappa shape index (κ3) is 3.81. The molecule has 2 aromatic heterocycles. The van der Waals surface area contributed by atoms with Gasteiger partial charge in [0.1, 0.15) is 0 Å². The van der Waals surface area contributed by atoms with E-state index in [4.69, 9.17) is 4.74 Å². The van der Waals surface area contributed by atoms with Gasteiger partial charge in [0.25, 0.3) is 11.8 Å². The van der Waals surface area contributed by atoms with Crippen molar-refractivity contribution in [3.8, 4) is 0 Å². The average molecular weight is 371 g/mol. The van der Waals surface area contributed by atoms with Gasteiger partial charge in [-0.25, -0.2) is 4.98 Å². The van der Waals surface area contributed by atoms with E-state index in [2.05, 4.69) is 15.2 Å². The average Bonchev–Trinajstić information content (AvgIpc) is 3.37. The van der Waals surface area contributed by atoms with Crippen LogP contribution >= 0.6 is 0 Å². The van der Waals surface area contributed by atoms with Crippen molar-refractivity contribution in [3.63, 3.8) is 0 Å². The van der Waals surface area contributed by atoms with Crippen LogP contribution in [-0.4, -0.2) is 83.5 Å². The lowest BCUT2D eigenvalue weighted by Crippen LogP contribution is -2.41. The molecule has 0 aliphatic carbocycles. The Labute approximate surface area is 158 Å². The van der Waals surface area contributed by atoms with Crippen molar-refractivity contribution in [3.05, 3.63) is 35.9 Å². The molecule has 0 bridgehead atoms.